The van der Waals surface area contributed by atoms with E-state index in [4.69, 9.17) is 0 Å². The van der Waals surface area contributed by atoms with Crippen molar-refractivity contribution in [2.24, 2.45) is 4.99 Å². The van der Waals surface area contributed by atoms with Gasteiger partial charge in [-0.25, -0.2) is 9.79 Å². The van der Waals surface area contributed by atoms with Gasteiger partial charge in [0.05, 0.1) is 16.7 Å². The van der Waals surface area contributed by atoms with Crippen LogP contribution in [0, 0.1) is 0 Å². The Morgan fingerprint density at radius 2 is 1.85 bits per heavy atom. The van der Waals surface area contributed by atoms with Crippen molar-refractivity contribution in [3.63, 3.8) is 0 Å². The fourth-order valence-corrected chi connectivity index (χ4v) is 4.50. The molecule has 5 rings (SSSR count). The van der Waals surface area contributed by atoms with Crippen LogP contribution in [0.15, 0.2) is 58.2 Å². The van der Waals surface area contributed by atoms with Crippen LogP contribution in [0.3, 0.4) is 0 Å². The molecule has 0 spiro atoms. The minimum atomic E-state index is -0.761. The number of benzene rings is 2. The molecule has 2 aromatic carbocycles. The Morgan fingerprint density at radius 1 is 1.03 bits per heavy atom. The summed E-state index contributed by atoms with van der Waals surface area (Å²) in [6, 6.07) is 12.6. The smallest absolute Gasteiger partial charge is 0.323 e. The van der Waals surface area contributed by atoms with Crippen LogP contribution < -0.4 is 16.0 Å². The molecule has 0 radical (unpaired) electrons. The zero-order valence-corrected chi connectivity index (χ0v) is 19.7. The van der Waals surface area contributed by atoms with Gasteiger partial charge in [0, 0.05) is 29.1 Å². The Kier molecular flexibility index (Phi) is 5.53. The van der Waals surface area contributed by atoms with Crippen molar-refractivity contribution >= 4 is 46.8 Å². The molecule has 1 saturated carbocycles. The van der Waals surface area contributed by atoms with Gasteiger partial charge in [0.25, 0.3) is 5.91 Å². The van der Waals surface area contributed by atoms with Crippen LogP contribution >= 0.6 is 11.3 Å². The summed E-state index contributed by atoms with van der Waals surface area (Å²) in [6.45, 7) is 3.77. The molecule has 1 aliphatic carbocycles. The topological polar surface area (TPSA) is 99.7 Å². The predicted molar refractivity (Wildman–Crippen MR) is 135 cm³/mol. The second kappa shape index (κ2) is 8.53. The molecule has 0 bridgehead atoms. The summed E-state index contributed by atoms with van der Waals surface area (Å²) in [5, 5.41) is 12.8. The number of nitrogens with zero attached hydrogens (tertiary/aromatic N) is 1. The van der Waals surface area contributed by atoms with Crippen molar-refractivity contribution in [1.29, 1.82) is 0 Å². The van der Waals surface area contributed by atoms with Crippen LogP contribution in [0.5, 0.6) is 0 Å². The summed E-state index contributed by atoms with van der Waals surface area (Å²) in [5.74, 6) is -0.350. The van der Waals surface area contributed by atoms with E-state index in [0.29, 0.717) is 16.9 Å². The highest BCUT2D eigenvalue weighted by Gasteiger charge is 2.34. The number of rotatable bonds is 6. The summed E-state index contributed by atoms with van der Waals surface area (Å²) in [7, 11) is 0. The zero-order valence-electron chi connectivity index (χ0n) is 18.8. The molecule has 0 saturated heterocycles. The van der Waals surface area contributed by atoms with E-state index in [-0.39, 0.29) is 17.9 Å². The molecule has 0 unspecified atom stereocenters. The van der Waals surface area contributed by atoms with E-state index in [2.05, 4.69) is 20.9 Å². The molecule has 2 heterocycles. The van der Waals surface area contributed by atoms with Gasteiger partial charge in [-0.2, -0.15) is 11.3 Å². The van der Waals surface area contributed by atoms with E-state index >= 15 is 0 Å². The average Bonchev–Trinajstić information content (AvgIpc) is 3.31. The molecule has 4 amide bonds. The van der Waals surface area contributed by atoms with Gasteiger partial charge < -0.3 is 16.0 Å². The largest absolute Gasteiger partial charge is 0.353 e. The zero-order chi connectivity index (χ0) is 23.9. The van der Waals surface area contributed by atoms with Gasteiger partial charge >= 0.3 is 6.03 Å². The molecule has 0 atom stereocenters. The Hall–Kier alpha value is -3.78. The maximum absolute atomic E-state index is 12.9. The third kappa shape index (κ3) is 4.36. The minimum absolute atomic E-state index is 0.0290. The second-order valence-electron chi connectivity index (χ2n) is 9.09. The molecule has 3 aromatic rings. The van der Waals surface area contributed by atoms with E-state index in [0.717, 1.165) is 35.1 Å². The first-order valence-electron chi connectivity index (χ1n) is 11.1. The Balaban J connectivity index is 1.41. The molecule has 1 aliphatic heterocycles. The number of carbonyl (C=O) groups excluding carboxylic acids is 3. The first-order chi connectivity index (χ1) is 16.3. The van der Waals surface area contributed by atoms with Gasteiger partial charge in [-0.05, 0) is 72.8 Å². The van der Waals surface area contributed by atoms with Crippen molar-refractivity contribution in [2.45, 2.75) is 38.1 Å². The first-order valence-corrected chi connectivity index (χ1v) is 12.0. The van der Waals surface area contributed by atoms with Crippen LogP contribution in [0.25, 0.3) is 11.1 Å². The second-order valence-corrected chi connectivity index (χ2v) is 9.87. The number of urea groups is 1. The van der Waals surface area contributed by atoms with Crippen LogP contribution in [0.2, 0.25) is 0 Å². The number of anilines is 2. The quantitative estimate of drug-likeness (QED) is 0.460. The van der Waals surface area contributed by atoms with Gasteiger partial charge in [0.2, 0.25) is 5.91 Å². The normalized spacial score (nSPS) is 14.6. The summed E-state index contributed by atoms with van der Waals surface area (Å²) >= 11 is 1.57. The highest BCUT2D eigenvalue weighted by atomic mass is 32.1. The third-order valence-electron chi connectivity index (χ3n) is 6.16. The molecule has 3 N–H and O–H groups in total. The van der Waals surface area contributed by atoms with E-state index in [1.807, 2.05) is 48.9 Å². The fraction of sp³-hybridized carbons (Fsp3) is 0.231. The van der Waals surface area contributed by atoms with Crippen molar-refractivity contribution in [2.75, 3.05) is 10.6 Å². The van der Waals surface area contributed by atoms with Crippen molar-refractivity contribution in [3.8, 4) is 11.1 Å². The molecule has 34 heavy (non-hydrogen) atoms. The SMILES string of the molecule is CC(C)(C(=O)NC1CC1)c1ccc(-c2ccsc2)c(NC(=O)Nc2ccc3c(c2)C(=O)N=C3)c1. The number of hydrogen-bond acceptors (Lipinski definition) is 4. The lowest BCUT2D eigenvalue weighted by molar-refractivity contribution is -0.125. The van der Waals surface area contributed by atoms with E-state index in [9.17, 15) is 14.4 Å². The van der Waals surface area contributed by atoms with Crippen LogP contribution in [-0.2, 0) is 10.2 Å². The average molecular weight is 473 g/mol. The highest BCUT2D eigenvalue weighted by molar-refractivity contribution is 7.08. The van der Waals surface area contributed by atoms with Crippen molar-refractivity contribution < 1.29 is 14.4 Å². The van der Waals surface area contributed by atoms with E-state index in [1.165, 1.54) is 6.21 Å². The van der Waals surface area contributed by atoms with E-state index in [1.54, 1.807) is 29.5 Å². The van der Waals surface area contributed by atoms with Gasteiger partial charge in [-0.1, -0.05) is 18.2 Å². The molecular weight excluding hydrogens is 448 g/mol. The standard InChI is InChI=1S/C26H24N4O3S/c1-26(2,24(32)28-18-6-7-18)17-4-8-20(16-9-10-34-14-16)22(11-17)30-25(33)29-19-5-3-15-13-27-23(31)21(15)12-19/h3-5,8-14,18H,6-7H2,1-2H3,(H,28,32)(H2,29,30,33). The van der Waals surface area contributed by atoms with Crippen LogP contribution in [0.1, 0.15) is 48.2 Å². The summed E-state index contributed by atoms with van der Waals surface area (Å²) < 4.78 is 0. The maximum atomic E-state index is 12.9. The predicted octanol–water partition coefficient (Wildman–Crippen LogP) is 5.19. The molecule has 1 aromatic heterocycles. The van der Waals surface area contributed by atoms with Crippen LogP contribution in [0.4, 0.5) is 16.2 Å². The number of thiophene rings is 1. The molecule has 1 fully saturated rings. The first kappa shape index (κ1) is 22.0. The van der Waals surface area contributed by atoms with Gasteiger partial charge in [0.1, 0.15) is 0 Å². The number of fused-ring (bicyclic) bond motifs is 1. The Labute approximate surface area is 201 Å². The third-order valence-corrected chi connectivity index (χ3v) is 6.85. The summed E-state index contributed by atoms with van der Waals surface area (Å²) in [4.78, 5) is 41.4. The van der Waals surface area contributed by atoms with Gasteiger partial charge in [0.15, 0.2) is 0 Å². The summed E-state index contributed by atoms with van der Waals surface area (Å²) in [6.07, 6.45) is 3.56. The Bertz CT molecular complexity index is 1320. The number of nitrogens with one attached hydrogen (secondary N) is 3. The monoisotopic (exact) mass is 472 g/mol. The number of hydrogen-bond donors (Lipinski definition) is 3. The highest BCUT2D eigenvalue weighted by Crippen LogP contribution is 2.35. The van der Waals surface area contributed by atoms with Gasteiger partial charge in [-0.3, -0.25) is 9.59 Å². The maximum Gasteiger partial charge on any atom is 0.323 e. The lowest BCUT2D eigenvalue weighted by Crippen LogP contribution is -2.41. The number of aliphatic imine (C=N–C) groups is 1. The molecule has 172 valence electrons. The molecule has 8 heteroatoms. The number of carbonyl (C=O) groups is 3. The number of amides is 4. The Morgan fingerprint density at radius 3 is 2.59 bits per heavy atom. The van der Waals surface area contributed by atoms with Crippen molar-refractivity contribution in [1.82, 2.24) is 5.32 Å². The lowest BCUT2D eigenvalue weighted by atomic mass is 9.82. The molecule has 2 aliphatic rings. The van der Waals surface area contributed by atoms with Crippen LogP contribution in [-0.4, -0.2) is 30.1 Å². The fourth-order valence-electron chi connectivity index (χ4n) is 3.84. The summed E-state index contributed by atoms with van der Waals surface area (Å²) in [5.41, 5.74) is 4.16. The van der Waals surface area contributed by atoms with Crippen molar-refractivity contribution in [3.05, 3.63) is 69.9 Å². The minimum Gasteiger partial charge on any atom is -0.353 e. The molecule has 7 nitrogen and oxygen atoms in total. The molecular formula is C26H24N4O3S. The van der Waals surface area contributed by atoms with E-state index < -0.39 is 11.4 Å². The lowest BCUT2D eigenvalue weighted by Gasteiger charge is -2.25. The van der Waals surface area contributed by atoms with Gasteiger partial charge in [-0.15, -0.1) is 0 Å².